The molecule has 1 amide bonds. The van der Waals surface area contributed by atoms with Crippen molar-refractivity contribution in [3.63, 3.8) is 0 Å². The van der Waals surface area contributed by atoms with Crippen LogP contribution in [0, 0.1) is 0 Å². The Balaban J connectivity index is 1.30. The fourth-order valence-electron chi connectivity index (χ4n) is 4.79. The Hall–Kier alpha value is -4.99. The molecule has 1 aliphatic rings. The van der Waals surface area contributed by atoms with E-state index in [1.807, 2.05) is 60.7 Å². The van der Waals surface area contributed by atoms with E-state index in [0.717, 1.165) is 11.3 Å². The van der Waals surface area contributed by atoms with Crippen molar-refractivity contribution >= 4 is 23.5 Å². The Bertz CT molecular complexity index is 1500. The van der Waals surface area contributed by atoms with Crippen LogP contribution < -0.4 is 4.90 Å². The van der Waals surface area contributed by atoms with Crippen molar-refractivity contribution in [3.8, 4) is 17.1 Å². The number of carbonyl (C=O) groups is 3. The Morgan fingerprint density at radius 3 is 2.24 bits per heavy atom. The summed E-state index contributed by atoms with van der Waals surface area (Å²) in [5.41, 5.74) is 3.45. The number of piperazine rings is 1. The van der Waals surface area contributed by atoms with E-state index < -0.39 is 18.0 Å². The number of hydrogen-bond donors (Lipinski definition) is 0. The quantitative estimate of drug-likeness (QED) is 0.301. The minimum atomic E-state index is -0.956. The van der Waals surface area contributed by atoms with E-state index in [0.29, 0.717) is 43.3 Å². The van der Waals surface area contributed by atoms with Crippen LogP contribution in [0.2, 0.25) is 0 Å². The molecule has 2 aromatic carbocycles. The minimum absolute atomic E-state index is 0.208. The molecule has 10 nitrogen and oxygen atoms in total. The standard InChI is InChI=1S/C31H31N5O5/c1-3-40-31(39)26-21-27(36(33-26)28-11-7-8-16-32-28)23-12-14-25(15-13-23)34-17-19-35(20-18-34)30(38)29(41-22(2)37)24-9-5-4-6-10-24/h4-16,21,29H,3,17-20H2,1-2H3/t29-/m1/s1. The number of ether oxygens (including phenoxy) is 2. The SMILES string of the molecule is CCOC(=O)c1cc(-c2ccc(N3CCN(C(=O)[C@H](OC(C)=O)c4ccccc4)CC3)cc2)n(-c2ccccn2)n1. The molecule has 0 bridgehead atoms. The molecule has 0 radical (unpaired) electrons. The van der Waals surface area contributed by atoms with Crippen LogP contribution in [0.3, 0.4) is 0 Å². The summed E-state index contributed by atoms with van der Waals surface area (Å²) in [7, 11) is 0. The van der Waals surface area contributed by atoms with Gasteiger partial charge < -0.3 is 19.3 Å². The fourth-order valence-corrected chi connectivity index (χ4v) is 4.79. The van der Waals surface area contributed by atoms with Crippen LogP contribution in [0.1, 0.15) is 36.0 Å². The lowest BCUT2D eigenvalue weighted by atomic mass is 10.1. The first-order valence-corrected chi connectivity index (χ1v) is 13.5. The topological polar surface area (TPSA) is 107 Å². The second kappa shape index (κ2) is 12.5. The van der Waals surface area contributed by atoms with E-state index in [1.54, 1.807) is 40.9 Å². The number of benzene rings is 2. The van der Waals surface area contributed by atoms with E-state index in [2.05, 4.69) is 15.0 Å². The zero-order valence-electron chi connectivity index (χ0n) is 23.0. The summed E-state index contributed by atoms with van der Waals surface area (Å²) in [6.07, 6.45) is 0.718. The van der Waals surface area contributed by atoms with Crippen LogP contribution >= 0.6 is 0 Å². The third-order valence-electron chi connectivity index (χ3n) is 6.79. The lowest BCUT2D eigenvalue weighted by molar-refractivity contribution is -0.159. The smallest absolute Gasteiger partial charge is 0.358 e. The van der Waals surface area contributed by atoms with Crippen molar-refractivity contribution in [2.24, 2.45) is 0 Å². The molecule has 0 N–H and O–H groups in total. The predicted molar refractivity (Wildman–Crippen MR) is 152 cm³/mol. The molecule has 5 rings (SSSR count). The van der Waals surface area contributed by atoms with Crippen molar-refractivity contribution in [1.29, 1.82) is 0 Å². The van der Waals surface area contributed by atoms with Gasteiger partial charge in [0.25, 0.3) is 5.91 Å². The maximum Gasteiger partial charge on any atom is 0.358 e. The average Bonchev–Trinajstić information content (AvgIpc) is 3.47. The molecule has 0 aliphatic carbocycles. The summed E-state index contributed by atoms with van der Waals surface area (Å²) in [5.74, 6) is -0.618. The maximum absolute atomic E-state index is 13.3. The van der Waals surface area contributed by atoms with E-state index in [4.69, 9.17) is 9.47 Å². The lowest BCUT2D eigenvalue weighted by Crippen LogP contribution is -2.50. The Morgan fingerprint density at radius 1 is 0.902 bits per heavy atom. The third-order valence-corrected chi connectivity index (χ3v) is 6.79. The van der Waals surface area contributed by atoms with Gasteiger partial charge in [-0.25, -0.2) is 14.5 Å². The number of amides is 1. The molecule has 10 heteroatoms. The minimum Gasteiger partial charge on any atom is -0.461 e. The van der Waals surface area contributed by atoms with Crippen molar-refractivity contribution < 1.29 is 23.9 Å². The molecule has 1 aliphatic heterocycles. The van der Waals surface area contributed by atoms with Crippen LogP contribution in [-0.4, -0.2) is 70.3 Å². The second-order valence-electron chi connectivity index (χ2n) is 9.49. The number of hydrogen-bond acceptors (Lipinski definition) is 8. The lowest BCUT2D eigenvalue weighted by Gasteiger charge is -2.37. The number of carbonyl (C=O) groups excluding carboxylic acids is 3. The van der Waals surface area contributed by atoms with Crippen LogP contribution in [0.5, 0.6) is 0 Å². The largest absolute Gasteiger partial charge is 0.461 e. The molecular formula is C31H31N5O5. The first-order chi connectivity index (χ1) is 19.9. The summed E-state index contributed by atoms with van der Waals surface area (Å²) in [5, 5.41) is 4.47. The number of anilines is 1. The highest BCUT2D eigenvalue weighted by molar-refractivity contribution is 5.89. The monoisotopic (exact) mass is 553 g/mol. The molecular weight excluding hydrogens is 522 g/mol. The van der Waals surface area contributed by atoms with Crippen LogP contribution in [0.4, 0.5) is 5.69 Å². The van der Waals surface area contributed by atoms with Gasteiger partial charge in [-0.15, -0.1) is 0 Å². The average molecular weight is 554 g/mol. The first-order valence-electron chi connectivity index (χ1n) is 13.5. The van der Waals surface area contributed by atoms with Gasteiger partial charge in [0.15, 0.2) is 11.5 Å². The maximum atomic E-state index is 13.3. The Morgan fingerprint density at radius 2 is 1.61 bits per heavy atom. The molecule has 0 unspecified atom stereocenters. The molecule has 0 spiro atoms. The number of aromatic nitrogens is 3. The molecule has 4 aromatic rings. The summed E-state index contributed by atoms with van der Waals surface area (Å²) >= 11 is 0. The Kier molecular flexibility index (Phi) is 8.38. The van der Waals surface area contributed by atoms with Gasteiger partial charge in [-0.3, -0.25) is 9.59 Å². The van der Waals surface area contributed by atoms with Gasteiger partial charge in [-0.2, -0.15) is 5.10 Å². The highest BCUT2D eigenvalue weighted by atomic mass is 16.5. The highest BCUT2D eigenvalue weighted by Crippen LogP contribution is 2.28. The second-order valence-corrected chi connectivity index (χ2v) is 9.49. The van der Waals surface area contributed by atoms with Gasteiger partial charge in [-0.05, 0) is 37.3 Å². The van der Waals surface area contributed by atoms with Gasteiger partial charge in [-0.1, -0.05) is 48.5 Å². The number of nitrogens with zero attached hydrogens (tertiary/aromatic N) is 5. The van der Waals surface area contributed by atoms with Gasteiger partial charge in [0.1, 0.15) is 0 Å². The van der Waals surface area contributed by atoms with Gasteiger partial charge >= 0.3 is 11.9 Å². The third kappa shape index (κ3) is 6.27. The zero-order chi connectivity index (χ0) is 28.8. The van der Waals surface area contributed by atoms with Crippen LogP contribution in [0.25, 0.3) is 17.1 Å². The van der Waals surface area contributed by atoms with E-state index in [1.165, 1.54) is 6.92 Å². The normalized spacial score (nSPS) is 13.9. The van der Waals surface area contributed by atoms with Crippen molar-refractivity contribution in [3.05, 3.63) is 96.3 Å². The summed E-state index contributed by atoms with van der Waals surface area (Å²) in [6.45, 7) is 5.59. The number of esters is 2. The van der Waals surface area contributed by atoms with E-state index >= 15 is 0 Å². The number of rotatable bonds is 8. The van der Waals surface area contributed by atoms with Gasteiger partial charge in [0.05, 0.1) is 12.3 Å². The first kappa shape index (κ1) is 27.6. The number of pyridine rings is 1. The van der Waals surface area contributed by atoms with Crippen LogP contribution in [-0.2, 0) is 19.1 Å². The van der Waals surface area contributed by atoms with Crippen molar-refractivity contribution in [2.45, 2.75) is 20.0 Å². The molecule has 1 fully saturated rings. The Labute approximate surface area is 238 Å². The van der Waals surface area contributed by atoms with E-state index in [-0.39, 0.29) is 18.2 Å². The molecule has 2 aromatic heterocycles. The molecule has 0 saturated carbocycles. The molecule has 1 saturated heterocycles. The highest BCUT2D eigenvalue weighted by Gasteiger charge is 2.31. The van der Waals surface area contributed by atoms with Gasteiger partial charge in [0, 0.05) is 56.1 Å². The zero-order valence-corrected chi connectivity index (χ0v) is 23.0. The summed E-state index contributed by atoms with van der Waals surface area (Å²) in [6, 6.07) is 24.3. The van der Waals surface area contributed by atoms with Crippen molar-refractivity contribution in [2.75, 3.05) is 37.7 Å². The molecule has 3 heterocycles. The van der Waals surface area contributed by atoms with Crippen LogP contribution in [0.15, 0.2) is 85.1 Å². The molecule has 41 heavy (non-hydrogen) atoms. The fraction of sp³-hybridized carbons (Fsp3) is 0.258. The summed E-state index contributed by atoms with van der Waals surface area (Å²) < 4.78 is 12.2. The molecule has 1 atom stereocenters. The van der Waals surface area contributed by atoms with E-state index in [9.17, 15) is 14.4 Å². The summed E-state index contributed by atoms with van der Waals surface area (Å²) in [4.78, 5) is 45.8. The van der Waals surface area contributed by atoms with Gasteiger partial charge in [0.2, 0.25) is 6.10 Å². The molecule has 210 valence electrons. The predicted octanol–water partition coefficient (Wildman–Crippen LogP) is 4.06. The van der Waals surface area contributed by atoms with Crippen molar-refractivity contribution in [1.82, 2.24) is 19.7 Å².